The van der Waals surface area contributed by atoms with Gasteiger partial charge in [0, 0.05) is 23.9 Å². The summed E-state index contributed by atoms with van der Waals surface area (Å²) in [5.41, 5.74) is 1.96. The van der Waals surface area contributed by atoms with Crippen molar-refractivity contribution in [2.24, 2.45) is 7.05 Å². The Hall–Kier alpha value is -1.29. The molecule has 3 nitrogen and oxygen atoms in total. The fourth-order valence-electron chi connectivity index (χ4n) is 1.54. The molecule has 1 aromatic heterocycles. The van der Waals surface area contributed by atoms with Crippen molar-refractivity contribution in [1.82, 2.24) is 9.13 Å². The summed E-state index contributed by atoms with van der Waals surface area (Å²) in [5, 5.41) is 0. The Morgan fingerprint density at radius 2 is 2.00 bits per heavy atom. The van der Waals surface area contributed by atoms with Gasteiger partial charge >= 0.3 is 5.69 Å². The standard InChI is InChI=1S/C11H11BrN2O/c1-8-7-9(12)3-4-10(8)14-6-5-13(2)11(14)15/h3-7H,1-2H3. The zero-order valence-corrected chi connectivity index (χ0v) is 10.2. The molecular weight excluding hydrogens is 256 g/mol. The molecule has 15 heavy (non-hydrogen) atoms. The molecule has 2 aromatic rings. The quantitative estimate of drug-likeness (QED) is 0.778. The van der Waals surface area contributed by atoms with Crippen LogP contribution in [0.5, 0.6) is 0 Å². The summed E-state index contributed by atoms with van der Waals surface area (Å²) in [6.45, 7) is 1.99. The first kappa shape index (κ1) is 10.2. The van der Waals surface area contributed by atoms with Crippen molar-refractivity contribution in [3.05, 3.63) is 51.1 Å². The molecule has 0 aliphatic carbocycles. The molecule has 0 bridgehead atoms. The second-order valence-corrected chi connectivity index (χ2v) is 4.41. The first-order chi connectivity index (χ1) is 7.09. The van der Waals surface area contributed by atoms with Crippen LogP contribution in [0, 0.1) is 6.92 Å². The van der Waals surface area contributed by atoms with Crippen molar-refractivity contribution in [3.63, 3.8) is 0 Å². The summed E-state index contributed by atoms with van der Waals surface area (Å²) in [4.78, 5) is 11.7. The fraction of sp³-hybridized carbons (Fsp3) is 0.182. The highest BCUT2D eigenvalue weighted by Crippen LogP contribution is 2.17. The fourth-order valence-corrected chi connectivity index (χ4v) is 2.01. The van der Waals surface area contributed by atoms with Crippen LogP contribution < -0.4 is 5.69 Å². The summed E-state index contributed by atoms with van der Waals surface area (Å²) in [7, 11) is 1.74. The molecule has 0 saturated carbocycles. The van der Waals surface area contributed by atoms with Crippen LogP contribution in [0.15, 0.2) is 39.9 Å². The molecule has 0 fully saturated rings. The largest absolute Gasteiger partial charge is 0.332 e. The van der Waals surface area contributed by atoms with E-state index in [-0.39, 0.29) is 5.69 Å². The first-order valence-corrected chi connectivity index (χ1v) is 5.39. The number of aryl methyl sites for hydroxylation is 2. The molecular formula is C11H11BrN2O. The molecule has 0 radical (unpaired) electrons. The molecule has 1 heterocycles. The van der Waals surface area contributed by atoms with Gasteiger partial charge in [-0.25, -0.2) is 4.79 Å². The van der Waals surface area contributed by atoms with Crippen LogP contribution in [0.1, 0.15) is 5.56 Å². The van der Waals surface area contributed by atoms with Gasteiger partial charge in [-0.15, -0.1) is 0 Å². The molecule has 2 rings (SSSR count). The van der Waals surface area contributed by atoms with Crippen molar-refractivity contribution >= 4 is 15.9 Å². The Kier molecular flexibility index (Phi) is 2.52. The van der Waals surface area contributed by atoms with E-state index in [1.54, 1.807) is 28.6 Å². The predicted octanol–water partition coefficient (Wildman–Crippen LogP) is 2.25. The maximum Gasteiger partial charge on any atom is 0.332 e. The Labute approximate surface area is 96.1 Å². The highest BCUT2D eigenvalue weighted by atomic mass is 79.9. The summed E-state index contributed by atoms with van der Waals surface area (Å²) >= 11 is 3.40. The number of aromatic nitrogens is 2. The molecule has 0 aliphatic heterocycles. The van der Waals surface area contributed by atoms with Crippen LogP contribution in [0.3, 0.4) is 0 Å². The van der Waals surface area contributed by atoms with Gasteiger partial charge in [0.05, 0.1) is 5.69 Å². The lowest BCUT2D eigenvalue weighted by atomic mass is 10.2. The third-order valence-corrected chi connectivity index (χ3v) is 2.86. The van der Waals surface area contributed by atoms with Gasteiger partial charge in [0.25, 0.3) is 0 Å². The number of hydrogen-bond donors (Lipinski definition) is 0. The Bertz CT molecular complexity index is 554. The number of hydrogen-bond acceptors (Lipinski definition) is 1. The highest BCUT2D eigenvalue weighted by Gasteiger charge is 2.05. The third kappa shape index (κ3) is 1.77. The summed E-state index contributed by atoms with van der Waals surface area (Å²) < 4.78 is 4.22. The van der Waals surface area contributed by atoms with E-state index in [0.717, 1.165) is 15.7 Å². The monoisotopic (exact) mass is 266 g/mol. The van der Waals surface area contributed by atoms with Crippen LogP contribution in [-0.4, -0.2) is 9.13 Å². The molecule has 0 unspecified atom stereocenters. The summed E-state index contributed by atoms with van der Waals surface area (Å²) in [5.74, 6) is 0. The first-order valence-electron chi connectivity index (χ1n) is 4.60. The van der Waals surface area contributed by atoms with Gasteiger partial charge in [0.2, 0.25) is 0 Å². The van der Waals surface area contributed by atoms with Crippen LogP contribution >= 0.6 is 15.9 Å². The van der Waals surface area contributed by atoms with Crippen LogP contribution in [0.25, 0.3) is 5.69 Å². The van der Waals surface area contributed by atoms with Crippen molar-refractivity contribution in [2.75, 3.05) is 0 Å². The highest BCUT2D eigenvalue weighted by molar-refractivity contribution is 9.10. The minimum atomic E-state index is -0.0274. The van der Waals surface area contributed by atoms with E-state index in [9.17, 15) is 4.79 Å². The summed E-state index contributed by atoms with van der Waals surface area (Å²) in [6.07, 6.45) is 3.53. The molecule has 0 N–H and O–H groups in total. The van der Waals surface area contributed by atoms with Gasteiger partial charge < -0.3 is 4.57 Å². The van der Waals surface area contributed by atoms with Gasteiger partial charge in [-0.3, -0.25) is 4.57 Å². The zero-order chi connectivity index (χ0) is 11.0. The van der Waals surface area contributed by atoms with E-state index in [0.29, 0.717) is 0 Å². The minimum Gasteiger partial charge on any atom is -0.302 e. The number of nitrogens with zero attached hydrogens (tertiary/aromatic N) is 2. The van der Waals surface area contributed by atoms with E-state index in [4.69, 9.17) is 0 Å². The second kappa shape index (κ2) is 3.70. The van der Waals surface area contributed by atoms with Gasteiger partial charge in [-0.1, -0.05) is 15.9 Å². The van der Waals surface area contributed by atoms with E-state index >= 15 is 0 Å². The molecule has 0 aliphatic rings. The lowest BCUT2D eigenvalue weighted by Crippen LogP contribution is -2.20. The Morgan fingerprint density at radius 3 is 2.53 bits per heavy atom. The smallest absolute Gasteiger partial charge is 0.302 e. The van der Waals surface area contributed by atoms with E-state index in [2.05, 4.69) is 15.9 Å². The van der Waals surface area contributed by atoms with Crippen molar-refractivity contribution in [3.8, 4) is 5.69 Å². The molecule has 78 valence electrons. The van der Waals surface area contributed by atoms with Crippen LogP contribution in [0.4, 0.5) is 0 Å². The maximum absolute atomic E-state index is 11.7. The average Bonchev–Trinajstić information content (AvgIpc) is 2.49. The van der Waals surface area contributed by atoms with Crippen molar-refractivity contribution in [1.29, 1.82) is 0 Å². The SMILES string of the molecule is Cc1cc(Br)ccc1-n1ccn(C)c1=O. The number of imidazole rings is 1. The normalized spacial score (nSPS) is 10.6. The summed E-state index contributed by atoms with van der Waals surface area (Å²) in [6, 6.07) is 5.86. The van der Waals surface area contributed by atoms with Crippen LogP contribution in [0.2, 0.25) is 0 Å². The molecule has 0 saturated heterocycles. The van der Waals surface area contributed by atoms with E-state index in [1.165, 1.54) is 0 Å². The lowest BCUT2D eigenvalue weighted by Gasteiger charge is -2.05. The molecule has 4 heteroatoms. The second-order valence-electron chi connectivity index (χ2n) is 3.49. The molecule has 1 aromatic carbocycles. The number of benzene rings is 1. The Morgan fingerprint density at radius 1 is 1.27 bits per heavy atom. The predicted molar refractivity (Wildman–Crippen MR) is 63.4 cm³/mol. The lowest BCUT2D eigenvalue weighted by molar-refractivity contribution is 0.822. The molecule has 0 amide bonds. The number of rotatable bonds is 1. The third-order valence-electron chi connectivity index (χ3n) is 2.37. The van der Waals surface area contributed by atoms with Gasteiger partial charge in [0.15, 0.2) is 0 Å². The van der Waals surface area contributed by atoms with E-state index in [1.807, 2.05) is 25.1 Å². The number of halogens is 1. The van der Waals surface area contributed by atoms with Gasteiger partial charge in [-0.2, -0.15) is 0 Å². The topological polar surface area (TPSA) is 26.9 Å². The average molecular weight is 267 g/mol. The zero-order valence-electron chi connectivity index (χ0n) is 8.57. The molecule has 0 spiro atoms. The Balaban J connectivity index is 2.64. The minimum absolute atomic E-state index is 0.0274. The van der Waals surface area contributed by atoms with Gasteiger partial charge in [0.1, 0.15) is 0 Å². The van der Waals surface area contributed by atoms with Crippen molar-refractivity contribution < 1.29 is 0 Å². The maximum atomic E-state index is 11.7. The van der Waals surface area contributed by atoms with Crippen LogP contribution in [-0.2, 0) is 7.05 Å². The van der Waals surface area contributed by atoms with Gasteiger partial charge in [-0.05, 0) is 30.7 Å². The van der Waals surface area contributed by atoms with E-state index < -0.39 is 0 Å². The molecule has 0 atom stereocenters. The van der Waals surface area contributed by atoms with Crippen molar-refractivity contribution in [2.45, 2.75) is 6.92 Å².